The third-order valence-corrected chi connectivity index (χ3v) is 7.06. The van der Waals surface area contributed by atoms with Crippen molar-refractivity contribution in [1.82, 2.24) is 0 Å². The fourth-order valence-electron chi connectivity index (χ4n) is 5.17. The van der Waals surface area contributed by atoms with Gasteiger partial charge in [0, 0.05) is 48.5 Å². The van der Waals surface area contributed by atoms with Crippen LogP contribution in [-0.2, 0) is 13.1 Å². The minimum Gasteiger partial charge on any atom is -0.384 e. The molecule has 0 saturated carbocycles. The lowest BCUT2D eigenvalue weighted by molar-refractivity contribution is -0.662. The van der Waals surface area contributed by atoms with E-state index in [2.05, 4.69) is 117 Å². The van der Waals surface area contributed by atoms with Crippen LogP contribution >= 0.6 is 0 Å². The Labute approximate surface area is 206 Å². The highest BCUT2D eigenvalue weighted by atomic mass is 15.0. The molecule has 6 bridgehead atoms. The predicted molar refractivity (Wildman–Crippen MR) is 144 cm³/mol. The van der Waals surface area contributed by atoms with Gasteiger partial charge in [-0.25, -0.2) is 0 Å². The molecule has 0 amide bonds. The molecule has 0 radical (unpaired) electrons. The molecule has 4 nitrogen and oxygen atoms in total. The molecule has 3 aliphatic heterocycles. The topological polar surface area (TPSA) is 31.8 Å². The molecule has 0 unspecified atom stereocenters. The van der Waals surface area contributed by atoms with E-state index in [0.717, 1.165) is 39.0 Å². The molecule has 35 heavy (non-hydrogen) atoms. The molecular formula is C31H32N4+2. The van der Waals surface area contributed by atoms with Gasteiger partial charge < -0.3 is 10.6 Å². The Morgan fingerprint density at radius 2 is 0.943 bits per heavy atom. The highest BCUT2D eigenvalue weighted by Gasteiger charge is 2.15. The summed E-state index contributed by atoms with van der Waals surface area (Å²) in [6.45, 7) is 3.70. The van der Waals surface area contributed by atoms with Crippen LogP contribution in [0, 0.1) is 0 Å². The van der Waals surface area contributed by atoms with E-state index in [1.807, 2.05) is 0 Å². The van der Waals surface area contributed by atoms with Crippen molar-refractivity contribution in [3.05, 3.63) is 108 Å². The Morgan fingerprint density at radius 1 is 0.486 bits per heavy atom. The van der Waals surface area contributed by atoms with Gasteiger partial charge in [-0.15, -0.1) is 0 Å². The summed E-state index contributed by atoms with van der Waals surface area (Å²) in [6, 6.07) is 31.0. The van der Waals surface area contributed by atoms with Gasteiger partial charge in [0.15, 0.2) is 25.5 Å². The van der Waals surface area contributed by atoms with E-state index < -0.39 is 0 Å². The monoisotopic (exact) mass is 460 g/mol. The van der Waals surface area contributed by atoms with Crippen LogP contribution in [-0.4, -0.2) is 13.1 Å². The number of rotatable bonds is 0. The maximum absolute atomic E-state index is 3.69. The lowest BCUT2D eigenvalue weighted by Crippen LogP contribution is -2.35. The Kier molecular flexibility index (Phi) is 6.02. The minimum absolute atomic E-state index is 0.859. The van der Waals surface area contributed by atoms with E-state index in [0.29, 0.717) is 0 Å². The Hall–Kier alpha value is -3.92. The van der Waals surface area contributed by atoms with Crippen molar-refractivity contribution in [2.45, 2.75) is 32.4 Å². The molecule has 8 rings (SSSR count). The number of anilines is 2. The number of aromatic nitrogens is 2. The number of para-hydroxylation sites is 2. The summed E-state index contributed by atoms with van der Waals surface area (Å²) < 4.78 is 4.70. The summed E-state index contributed by atoms with van der Waals surface area (Å²) in [5.41, 5.74) is 7.59. The SMILES string of the molecule is c1ccc2c(c1)c1cc[n+]2Cc2ccc(cc2)C[n+]2ccc(c3ccccc32)NCCCCCN1. The number of hydrogen-bond donors (Lipinski definition) is 2. The summed E-state index contributed by atoms with van der Waals surface area (Å²) >= 11 is 0. The van der Waals surface area contributed by atoms with E-state index in [-0.39, 0.29) is 0 Å². The lowest BCUT2D eigenvalue weighted by Gasteiger charge is -2.11. The van der Waals surface area contributed by atoms with Crippen molar-refractivity contribution < 1.29 is 9.13 Å². The first kappa shape index (κ1) is 21.6. The van der Waals surface area contributed by atoms with Crippen LogP contribution in [0.15, 0.2) is 97.3 Å². The molecule has 5 aromatic rings. The maximum Gasteiger partial charge on any atom is 0.214 e. The van der Waals surface area contributed by atoms with Gasteiger partial charge in [-0.2, -0.15) is 9.13 Å². The molecular weight excluding hydrogens is 428 g/mol. The third kappa shape index (κ3) is 4.57. The van der Waals surface area contributed by atoms with E-state index in [1.54, 1.807) is 0 Å². The Bertz CT molecular complexity index is 1360. The molecule has 3 aromatic carbocycles. The minimum atomic E-state index is 0.859. The van der Waals surface area contributed by atoms with Gasteiger partial charge in [0.1, 0.15) is 0 Å². The van der Waals surface area contributed by atoms with Gasteiger partial charge in [-0.3, -0.25) is 0 Å². The molecule has 2 N–H and O–H groups in total. The van der Waals surface area contributed by atoms with Crippen LogP contribution in [0.4, 0.5) is 11.4 Å². The van der Waals surface area contributed by atoms with Gasteiger partial charge >= 0.3 is 0 Å². The van der Waals surface area contributed by atoms with Crippen LogP contribution < -0.4 is 19.8 Å². The molecule has 0 spiro atoms. The second kappa shape index (κ2) is 9.75. The van der Waals surface area contributed by atoms with Gasteiger partial charge in [-0.1, -0.05) is 48.5 Å². The molecule has 0 fully saturated rings. The summed E-state index contributed by atoms with van der Waals surface area (Å²) in [6.07, 6.45) is 7.95. The summed E-state index contributed by atoms with van der Waals surface area (Å²) in [5.74, 6) is 0. The van der Waals surface area contributed by atoms with Crippen molar-refractivity contribution in [3.8, 4) is 0 Å². The predicted octanol–water partition coefficient (Wildman–Crippen LogP) is 5.67. The fourth-order valence-corrected chi connectivity index (χ4v) is 5.17. The normalized spacial score (nSPS) is 14.5. The second-order valence-corrected chi connectivity index (χ2v) is 9.48. The van der Waals surface area contributed by atoms with Crippen molar-refractivity contribution in [2.75, 3.05) is 23.7 Å². The third-order valence-electron chi connectivity index (χ3n) is 7.06. The summed E-state index contributed by atoms with van der Waals surface area (Å²) in [5, 5.41) is 9.94. The molecule has 2 aromatic heterocycles. The number of nitrogens with one attached hydrogen (secondary N) is 2. The first-order chi connectivity index (χ1) is 17.3. The first-order valence-electron chi connectivity index (χ1n) is 12.7. The number of pyridine rings is 2. The van der Waals surface area contributed by atoms with Crippen LogP contribution in [0.2, 0.25) is 0 Å². The van der Waals surface area contributed by atoms with E-state index in [4.69, 9.17) is 0 Å². The van der Waals surface area contributed by atoms with Gasteiger partial charge in [-0.05, 0) is 31.4 Å². The van der Waals surface area contributed by atoms with Crippen molar-refractivity contribution >= 4 is 33.2 Å². The summed E-state index contributed by atoms with van der Waals surface area (Å²) in [7, 11) is 0. The van der Waals surface area contributed by atoms with Crippen molar-refractivity contribution in [2.24, 2.45) is 0 Å². The molecule has 5 heterocycles. The average molecular weight is 461 g/mol. The smallest absolute Gasteiger partial charge is 0.214 e. The largest absolute Gasteiger partial charge is 0.384 e. The Balaban J connectivity index is 1.37. The summed E-state index contributed by atoms with van der Waals surface area (Å²) in [4.78, 5) is 0. The maximum atomic E-state index is 3.69. The second-order valence-electron chi connectivity index (χ2n) is 9.48. The van der Waals surface area contributed by atoms with E-state index >= 15 is 0 Å². The lowest BCUT2D eigenvalue weighted by atomic mass is 10.1. The zero-order chi connectivity index (χ0) is 23.5. The van der Waals surface area contributed by atoms with Gasteiger partial charge in [0.2, 0.25) is 11.0 Å². The number of hydrogen-bond acceptors (Lipinski definition) is 2. The highest BCUT2D eigenvalue weighted by Crippen LogP contribution is 2.22. The molecule has 4 heteroatoms. The molecule has 0 atom stereocenters. The molecule has 174 valence electrons. The number of nitrogens with zero attached hydrogens (tertiary/aromatic N) is 2. The van der Waals surface area contributed by atoms with Crippen LogP contribution in [0.3, 0.4) is 0 Å². The van der Waals surface area contributed by atoms with Gasteiger partial charge in [0.25, 0.3) is 0 Å². The van der Waals surface area contributed by atoms with Crippen molar-refractivity contribution in [1.29, 1.82) is 0 Å². The average Bonchev–Trinajstić information content (AvgIpc) is 2.91. The quantitative estimate of drug-likeness (QED) is 0.292. The zero-order valence-corrected chi connectivity index (χ0v) is 20.1. The number of benzene rings is 3. The van der Waals surface area contributed by atoms with Gasteiger partial charge in [0.05, 0.1) is 22.1 Å². The standard InChI is InChI=1S/C31H30N4/c1-6-18-32-28-16-20-34(30-10-4-2-8-26(28)30)22-24-12-14-25(15-13-24)23-35-21-17-29(33-19-7-1)27-9-3-5-11-31(27)35/h2-5,8-17,20-21H,1,6-7,18-19,22-23H2/p+2. The van der Waals surface area contributed by atoms with Crippen LogP contribution in [0.1, 0.15) is 30.4 Å². The van der Waals surface area contributed by atoms with Crippen LogP contribution in [0.25, 0.3) is 21.8 Å². The van der Waals surface area contributed by atoms with E-state index in [9.17, 15) is 0 Å². The number of fused-ring (bicyclic) bond motifs is 2. The van der Waals surface area contributed by atoms with E-state index in [1.165, 1.54) is 50.7 Å². The Morgan fingerprint density at radius 3 is 1.43 bits per heavy atom. The molecule has 3 aliphatic rings. The zero-order valence-electron chi connectivity index (χ0n) is 20.1. The molecule has 0 aliphatic carbocycles. The fraction of sp³-hybridized carbons (Fsp3) is 0.226. The van der Waals surface area contributed by atoms with Crippen LogP contribution in [0.5, 0.6) is 0 Å². The highest BCUT2D eigenvalue weighted by molar-refractivity contribution is 5.89. The first-order valence-corrected chi connectivity index (χ1v) is 12.7. The van der Waals surface area contributed by atoms with Crippen molar-refractivity contribution in [3.63, 3.8) is 0 Å². The molecule has 0 saturated heterocycles.